The summed E-state index contributed by atoms with van der Waals surface area (Å²) in [7, 11) is -3.37. The summed E-state index contributed by atoms with van der Waals surface area (Å²) in [5.41, 5.74) is 2.01. The summed E-state index contributed by atoms with van der Waals surface area (Å²) in [5, 5.41) is 5.39. The molecule has 2 amide bonds. The van der Waals surface area contributed by atoms with Crippen LogP contribution in [-0.2, 0) is 14.8 Å². The zero-order valence-corrected chi connectivity index (χ0v) is 15.6. The van der Waals surface area contributed by atoms with Crippen molar-refractivity contribution >= 4 is 38.9 Å². The summed E-state index contributed by atoms with van der Waals surface area (Å²) < 4.78 is 24.8. The van der Waals surface area contributed by atoms with Gasteiger partial charge in [0.15, 0.2) is 0 Å². The SMILES string of the molecule is CCN(c1ccc(C(=O)Nc2cccc(NC(C)=O)c2)cc1)S(C)(=O)=O. The van der Waals surface area contributed by atoms with E-state index in [1.807, 2.05) is 0 Å². The minimum Gasteiger partial charge on any atom is -0.326 e. The van der Waals surface area contributed by atoms with E-state index in [0.717, 1.165) is 6.26 Å². The Bertz CT molecular complexity index is 908. The van der Waals surface area contributed by atoms with E-state index in [9.17, 15) is 18.0 Å². The van der Waals surface area contributed by atoms with Crippen molar-refractivity contribution in [2.75, 3.05) is 27.7 Å². The predicted molar refractivity (Wildman–Crippen MR) is 103 cm³/mol. The van der Waals surface area contributed by atoms with Crippen LogP contribution in [0.2, 0.25) is 0 Å². The van der Waals surface area contributed by atoms with Crippen molar-refractivity contribution in [1.82, 2.24) is 0 Å². The topological polar surface area (TPSA) is 95.6 Å². The van der Waals surface area contributed by atoms with Crippen LogP contribution >= 0.6 is 0 Å². The fraction of sp³-hybridized carbons (Fsp3) is 0.222. The first-order chi connectivity index (χ1) is 12.2. The monoisotopic (exact) mass is 375 g/mol. The van der Waals surface area contributed by atoms with E-state index in [2.05, 4.69) is 10.6 Å². The summed E-state index contributed by atoms with van der Waals surface area (Å²) in [4.78, 5) is 23.5. The Morgan fingerprint density at radius 3 is 2.08 bits per heavy atom. The van der Waals surface area contributed by atoms with Gasteiger partial charge >= 0.3 is 0 Å². The maximum atomic E-state index is 12.4. The Hall–Kier alpha value is -2.87. The molecule has 0 aliphatic carbocycles. The van der Waals surface area contributed by atoms with Crippen LogP contribution in [0.25, 0.3) is 0 Å². The van der Waals surface area contributed by atoms with Crippen LogP contribution in [-0.4, -0.2) is 33.0 Å². The van der Waals surface area contributed by atoms with Gasteiger partial charge in [-0.15, -0.1) is 0 Å². The standard InChI is InChI=1S/C18H21N3O4S/c1-4-21(26(3,24)25)17-10-8-14(9-11-17)18(23)20-16-7-5-6-15(12-16)19-13(2)22/h5-12H,4H2,1-3H3,(H,19,22)(H,20,23). The van der Waals surface area contributed by atoms with Gasteiger partial charge in [-0.2, -0.15) is 0 Å². The normalized spacial score (nSPS) is 10.9. The Balaban J connectivity index is 2.14. The second-order valence-electron chi connectivity index (χ2n) is 5.69. The minimum absolute atomic E-state index is 0.199. The molecule has 8 heteroatoms. The van der Waals surface area contributed by atoms with Crippen LogP contribution in [0.4, 0.5) is 17.1 Å². The average molecular weight is 375 g/mol. The van der Waals surface area contributed by atoms with E-state index in [1.165, 1.54) is 11.2 Å². The first-order valence-corrected chi connectivity index (χ1v) is 9.82. The van der Waals surface area contributed by atoms with Crippen molar-refractivity contribution in [3.63, 3.8) is 0 Å². The molecule has 0 heterocycles. The molecule has 7 nitrogen and oxygen atoms in total. The van der Waals surface area contributed by atoms with Gasteiger partial charge in [-0.3, -0.25) is 13.9 Å². The second-order valence-corrected chi connectivity index (χ2v) is 7.60. The van der Waals surface area contributed by atoms with Crippen LogP contribution in [0.15, 0.2) is 48.5 Å². The largest absolute Gasteiger partial charge is 0.326 e. The van der Waals surface area contributed by atoms with Gasteiger partial charge in [-0.1, -0.05) is 6.07 Å². The number of nitrogens with zero attached hydrogens (tertiary/aromatic N) is 1. The summed E-state index contributed by atoms with van der Waals surface area (Å²) in [6.45, 7) is 3.45. The molecule has 0 atom stereocenters. The molecule has 0 aliphatic rings. The zero-order valence-electron chi connectivity index (χ0n) is 14.8. The molecule has 138 valence electrons. The molecule has 0 saturated heterocycles. The fourth-order valence-electron chi connectivity index (χ4n) is 2.47. The van der Waals surface area contributed by atoms with Crippen molar-refractivity contribution in [2.24, 2.45) is 0 Å². The van der Waals surface area contributed by atoms with Gasteiger partial charge in [0.1, 0.15) is 0 Å². The summed E-state index contributed by atoms with van der Waals surface area (Å²) in [6, 6.07) is 13.1. The Labute approximate surface area is 153 Å². The molecule has 26 heavy (non-hydrogen) atoms. The lowest BCUT2D eigenvalue weighted by Gasteiger charge is -2.20. The lowest BCUT2D eigenvalue weighted by molar-refractivity contribution is -0.114. The van der Waals surface area contributed by atoms with Gasteiger partial charge < -0.3 is 10.6 Å². The number of sulfonamides is 1. The third kappa shape index (κ3) is 5.06. The number of carbonyl (C=O) groups excluding carboxylic acids is 2. The van der Waals surface area contributed by atoms with Crippen LogP contribution < -0.4 is 14.9 Å². The molecule has 0 saturated carbocycles. The molecule has 2 rings (SSSR count). The number of hydrogen-bond donors (Lipinski definition) is 2. The lowest BCUT2D eigenvalue weighted by atomic mass is 10.2. The number of carbonyl (C=O) groups is 2. The van der Waals surface area contributed by atoms with E-state index < -0.39 is 10.0 Å². The molecule has 0 bridgehead atoms. The Morgan fingerprint density at radius 1 is 1.00 bits per heavy atom. The van der Waals surface area contributed by atoms with Crippen LogP contribution in [0.5, 0.6) is 0 Å². The van der Waals surface area contributed by atoms with Crippen molar-refractivity contribution in [3.8, 4) is 0 Å². The van der Waals surface area contributed by atoms with E-state index in [-0.39, 0.29) is 11.8 Å². The molecule has 0 unspecified atom stereocenters. The molecule has 2 aromatic carbocycles. The van der Waals surface area contributed by atoms with Gasteiger partial charge in [0.05, 0.1) is 11.9 Å². The maximum Gasteiger partial charge on any atom is 0.255 e. The quantitative estimate of drug-likeness (QED) is 0.811. The van der Waals surface area contributed by atoms with E-state index >= 15 is 0 Å². The second kappa shape index (κ2) is 8.01. The number of rotatable bonds is 6. The molecule has 0 radical (unpaired) electrons. The number of hydrogen-bond acceptors (Lipinski definition) is 4. The Morgan fingerprint density at radius 2 is 1.58 bits per heavy atom. The van der Waals surface area contributed by atoms with Crippen LogP contribution in [0, 0.1) is 0 Å². The molecule has 2 aromatic rings. The highest BCUT2D eigenvalue weighted by Crippen LogP contribution is 2.20. The van der Waals surface area contributed by atoms with Crippen LogP contribution in [0.3, 0.4) is 0 Å². The van der Waals surface area contributed by atoms with Gasteiger partial charge in [-0.05, 0) is 49.4 Å². The van der Waals surface area contributed by atoms with Crippen molar-refractivity contribution in [1.29, 1.82) is 0 Å². The number of benzene rings is 2. The molecular weight excluding hydrogens is 354 g/mol. The van der Waals surface area contributed by atoms with Gasteiger partial charge in [-0.25, -0.2) is 8.42 Å². The van der Waals surface area contributed by atoms with Gasteiger partial charge in [0, 0.05) is 30.4 Å². The fourth-order valence-corrected chi connectivity index (χ4v) is 3.44. The third-order valence-electron chi connectivity index (χ3n) is 3.55. The predicted octanol–water partition coefficient (Wildman–Crippen LogP) is 2.68. The number of amides is 2. The molecule has 0 aliphatic heterocycles. The molecule has 0 spiro atoms. The van der Waals surface area contributed by atoms with E-state index in [0.29, 0.717) is 29.2 Å². The highest BCUT2D eigenvalue weighted by atomic mass is 32.2. The zero-order chi connectivity index (χ0) is 19.3. The summed E-state index contributed by atoms with van der Waals surface area (Å²) >= 11 is 0. The number of nitrogens with one attached hydrogen (secondary N) is 2. The highest BCUT2D eigenvalue weighted by Gasteiger charge is 2.15. The van der Waals surface area contributed by atoms with Crippen molar-refractivity contribution in [2.45, 2.75) is 13.8 Å². The average Bonchev–Trinajstić information content (AvgIpc) is 2.54. The highest BCUT2D eigenvalue weighted by molar-refractivity contribution is 7.92. The van der Waals surface area contributed by atoms with E-state index in [1.54, 1.807) is 55.5 Å². The van der Waals surface area contributed by atoms with Gasteiger partial charge in [0.25, 0.3) is 5.91 Å². The maximum absolute atomic E-state index is 12.4. The number of anilines is 3. The van der Waals surface area contributed by atoms with Crippen molar-refractivity contribution < 1.29 is 18.0 Å². The minimum atomic E-state index is -3.37. The first kappa shape index (κ1) is 19.5. The van der Waals surface area contributed by atoms with Gasteiger partial charge in [0.2, 0.25) is 15.9 Å². The lowest BCUT2D eigenvalue weighted by Crippen LogP contribution is -2.29. The van der Waals surface area contributed by atoms with E-state index in [4.69, 9.17) is 0 Å². The third-order valence-corrected chi connectivity index (χ3v) is 4.82. The van der Waals surface area contributed by atoms with Crippen molar-refractivity contribution in [3.05, 3.63) is 54.1 Å². The summed E-state index contributed by atoms with van der Waals surface area (Å²) in [5.74, 6) is -0.533. The summed E-state index contributed by atoms with van der Waals surface area (Å²) in [6.07, 6.45) is 1.14. The molecule has 0 aromatic heterocycles. The Kier molecular flexibility index (Phi) is 5.99. The smallest absolute Gasteiger partial charge is 0.255 e. The van der Waals surface area contributed by atoms with Crippen LogP contribution in [0.1, 0.15) is 24.2 Å². The molecule has 0 fully saturated rings. The molecular formula is C18H21N3O4S. The molecule has 2 N–H and O–H groups in total. The first-order valence-electron chi connectivity index (χ1n) is 7.97.